The lowest BCUT2D eigenvalue weighted by atomic mass is 10.3. The van der Waals surface area contributed by atoms with Gasteiger partial charge in [-0.3, -0.25) is 10.1 Å². The van der Waals surface area contributed by atoms with Crippen molar-refractivity contribution >= 4 is 15.7 Å². The molecule has 23 heavy (non-hydrogen) atoms. The number of hydrogen-bond acceptors (Lipinski definition) is 8. The lowest BCUT2D eigenvalue weighted by Gasteiger charge is -2.07. The Kier molecular flexibility index (Phi) is 3.69. The van der Waals surface area contributed by atoms with Gasteiger partial charge in [0.1, 0.15) is 6.61 Å². The van der Waals surface area contributed by atoms with Gasteiger partial charge in [0.05, 0.1) is 15.9 Å². The molecule has 12 heteroatoms. The van der Waals surface area contributed by atoms with Gasteiger partial charge in [-0.25, -0.2) is 18.2 Å². The van der Waals surface area contributed by atoms with E-state index in [0.717, 1.165) is 25.0 Å². The van der Waals surface area contributed by atoms with Gasteiger partial charge in [0.2, 0.25) is 10.0 Å². The summed E-state index contributed by atoms with van der Waals surface area (Å²) >= 11 is 0. The Morgan fingerprint density at radius 2 is 2.17 bits per heavy atom. The maximum Gasteiger partial charge on any atom is 0.312 e. The normalized spacial score (nSPS) is 14.7. The van der Waals surface area contributed by atoms with Gasteiger partial charge in [0.15, 0.2) is 11.6 Å². The van der Waals surface area contributed by atoms with Crippen LogP contribution in [0.25, 0.3) is 0 Å². The summed E-state index contributed by atoms with van der Waals surface area (Å²) in [5, 5.41) is 27.3. The number of benzene rings is 1. The van der Waals surface area contributed by atoms with Crippen molar-refractivity contribution in [1.82, 2.24) is 20.2 Å². The second-order valence-electron chi connectivity index (χ2n) is 4.99. The van der Waals surface area contributed by atoms with Crippen LogP contribution in [0.3, 0.4) is 0 Å². The van der Waals surface area contributed by atoms with Crippen molar-refractivity contribution in [3.63, 3.8) is 0 Å². The second-order valence-corrected chi connectivity index (χ2v) is 6.55. The first kappa shape index (κ1) is 15.3. The SMILES string of the molecule is NS(=O)(=O)c1ccc(OCc2nnnn2C2CC2)c([N+](=O)[O-])c1. The smallest absolute Gasteiger partial charge is 0.312 e. The van der Waals surface area contributed by atoms with Gasteiger partial charge in [-0.15, -0.1) is 5.10 Å². The molecule has 0 unspecified atom stereocenters. The standard InChI is InChI=1S/C11H12N6O5S/c12-23(20,21)8-3-4-10(9(5-8)17(18)19)22-6-11-13-14-15-16(11)7-1-2-7/h3-5,7H,1-2,6H2,(H2,12,20,21). The minimum absolute atomic E-state index is 0.0704. The maximum atomic E-state index is 11.3. The number of rotatable bonds is 6. The number of nitrogens with two attached hydrogens (primary N) is 1. The molecule has 1 heterocycles. The third-order valence-electron chi connectivity index (χ3n) is 3.27. The van der Waals surface area contributed by atoms with Crippen molar-refractivity contribution in [1.29, 1.82) is 0 Å². The Hall–Kier alpha value is -2.60. The van der Waals surface area contributed by atoms with E-state index >= 15 is 0 Å². The van der Waals surface area contributed by atoms with Crippen LogP contribution in [0.15, 0.2) is 23.1 Å². The summed E-state index contributed by atoms with van der Waals surface area (Å²) in [6.45, 7) is -0.0704. The second kappa shape index (κ2) is 5.55. The quantitative estimate of drug-likeness (QED) is 0.575. The number of aromatic nitrogens is 4. The summed E-state index contributed by atoms with van der Waals surface area (Å²) in [6, 6.07) is 3.42. The molecule has 0 atom stereocenters. The Labute approximate surface area is 130 Å². The van der Waals surface area contributed by atoms with Crippen molar-refractivity contribution in [2.75, 3.05) is 0 Å². The molecule has 0 bridgehead atoms. The summed E-state index contributed by atoms with van der Waals surface area (Å²) in [6.07, 6.45) is 1.95. The van der Waals surface area contributed by atoms with E-state index in [1.165, 1.54) is 6.07 Å². The number of nitro benzene ring substituents is 1. The zero-order valence-corrected chi connectivity index (χ0v) is 12.5. The van der Waals surface area contributed by atoms with Crippen molar-refractivity contribution in [3.8, 4) is 5.75 Å². The van der Waals surface area contributed by atoms with E-state index in [-0.39, 0.29) is 23.3 Å². The predicted molar refractivity (Wildman–Crippen MR) is 74.9 cm³/mol. The zero-order valence-electron chi connectivity index (χ0n) is 11.7. The lowest BCUT2D eigenvalue weighted by molar-refractivity contribution is -0.386. The first-order valence-electron chi connectivity index (χ1n) is 6.57. The number of tetrazole rings is 1. The highest BCUT2D eigenvalue weighted by molar-refractivity contribution is 7.89. The molecule has 1 aromatic heterocycles. The molecule has 1 fully saturated rings. The zero-order chi connectivity index (χ0) is 16.6. The van der Waals surface area contributed by atoms with Crippen LogP contribution >= 0.6 is 0 Å². The summed E-state index contributed by atoms with van der Waals surface area (Å²) in [4.78, 5) is 9.99. The summed E-state index contributed by atoms with van der Waals surface area (Å²) in [5.41, 5.74) is -0.498. The molecule has 2 N–H and O–H groups in total. The Balaban J connectivity index is 1.84. The molecule has 0 aliphatic heterocycles. The third-order valence-corrected chi connectivity index (χ3v) is 4.18. The Bertz CT molecular complexity index is 860. The molecule has 1 saturated carbocycles. The largest absolute Gasteiger partial charge is 0.479 e. The highest BCUT2D eigenvalue weighted by atomic mass is 32.2. The summed E-state index contributed by atoms with van der Waals surface area (Å²) < 4.78 is 29.6. The molecule has 11 nitrogen and oxygen atoms in total. The van der Waals surface area contributed by atoms with Crippen molar-refractivity contribution in [2.24, 2.45) is 5.14 Å². The van der Waals surface area contributed by atoms with Crippen LogP contribution in [0.4, 0.5) is 5.69 Å². The first-order chi connectivity index (χ1) is 10.9. The molecule has 0 saturated heterocycles. The van der Waals surface area contributed by atoms with E-state index in [1.54, 1.807) is 4.68 Å². The lowest BCUT2D eigenvalue weighted by Crippen LogP contribution is -2.13. The predicted octanol–water partition coefficient (Wildman–Crippen LogP) is 0.143. The fourth-order valence-electron chi connectivity index (χ4n) is 1.99. The molecule has 1 aliphatic carbocycles. The minimum atomic E-state index is -4.04. The summed E-state index contributed by atoms with van der Waals surface area (Å²) in [7, 11) is -4.04. The average Bonchev–Trinajstić information content (AvgIpc) is 3.22. The van der Waals surface area contributed by atoms with Gasteiger partial charge in [0.25, 0.3) is 0 Å². The number of sulfonamides is 1. The number of hydrogen-bond donors (Lipinski definition) is 1. The average molecular weight is 340 g/mol. The van der Waals surface area contributed by atoms with Crippen LogP contribution in [0.2, 0.25) is 0 Å². The molecule has 1 aliphatic rings. The van der Waals surface area contributed by atoms with Gasteiger partial charge in [0, 0.05) is 6.07 Å². The van der Waals surface area contributed by atoms with Gasteiger partial charge >= 0.3 is 5.69 Å². The molecule has 0 radical (unpaired) electrons. The maximum absolute atomic E-state index is 11.3. The van der Waals surface area contributed by atoms with E-state index in [4.69, 9.17) is 9.88 Å². The number of nitro groups is 1. The first-order valence-corrected chi connectivity index (χ1v) is 8.11. The molecule has 1 aromatic carbocycles. The van der Waals surface area contributed by atoms with Gasteiger partial charge in [-0.2, -0.15) is 0 Å². The Morgan fingerprint density at radius 3 is 2.78 bits per heavy atom. The van der Waals surface area contributed by atoms with Gasteiger partial charge in [-0.05, 0) is 35.4 Å². The molecule has 122 valence electrons. The van der Waals surface area contributed by atoms with E-state index in [9.17, 15) is 18.5 Å². The number of primary sulfonamides is 1. The number of nitrogens with zero attached hydrogens (tertiary/aromatic N) is 5. The molecule has 2 aromatic rings. The fraction of sp³-hybridized carbons (Fsp3) is 0.364. The van der Waals surface area contributed by atoms with Crippen molar-refractivity contribution in [3.05, 3.63) is 34.1 Å². The fourth-order valence-corrected chi connectivity index (χ4v) is 2.52. The molecule has 0 spiro atoms. The topological polar surface area (TPSA) is 156 Å². The number of ether oxygens (including phenoxy) is 1. The van der Waals surface area contributed by atoms with Crippen LogP contribution < -0.4 is 9.88 Å². The molecule has 0 amide bonds. The third kappa shape index (κ3) is 3.27. The monoisotopic (exact) mass is 340 g/mol. The van der Waals surface area contributed by atoms with Crippen LogP contribution in [0.5, 0.6) is 5.75 Å². The van der Waals surface area contributed by atoms with Crippen LogP contribution in [0, 0.1) is 10.1 Å². The van der Waals surface area contributed by atoms with Crippen LogP contribution in [-0.4, -0.2) is 33.5 Å². The highest BCUT2D eigenvalue weighted by Gasteiger charge is 2.28. The molecular weight excluding hydrogens is 328 g/mol. The minimum Gasteiger partial charge on any atom is -0.479 e. The van der Waals surface area contributed by atoms with Gasteiger partial charge < -0.3 is 4.74 Å². The summed E-state index contributed by atoms with van der Waals surface area (Å²) in [5.74, 6) is 0.352. The van der Waals surface area contributed by atoms with Crippen LogP contribution in [0.1, 0.15) is 24.7 Å². The highest BCUT2D eigenvalue weighted by Crippen LogP contribution is 2.35. The molecule has 3 rings (SSSR count). The Morgan fingerprint density at radius 1 is 1.43 bits per heavy atom. The van der Waals surface area contributed by atoms with E-state index in [1.807, 2.05) is 0 Å². The molecular formula is C11H12N6O5S. The van der Waals surface area contributed by atoms with Gasteiger partial charge in [-0.1, -0.05) is 0 Å². The van der Waals surface area contributed by atoms with E-state index in [2.05, 4.69) is 15.5 Å². The van der Waals surface area contributed by atoms with E-state index in [0.29, 0.717) is 5.82 Å². The van der Waals surface area contributed by atoms with E-state index < -0.39 is 20.6 Å². The van der Waals surface area contributed by atoms with Crippen LogP contribution in [-0.2, 0) is 16.6 Å². The van der Waals surface area contributed by atoms with Crippen molar-refractivity contribution < 1.29 is 18.1 Å². The van der Waals surface area contributed by atoms with Crippen molar-refractivity contribution in [2.45, 2.75) is 30.4 Å².